The van der Waals surface area contributed by atoms with Crippen molar-refractivity contribution in [3.8, 4) is 0 Å². The van der Waals surface area contributed by atoms with Crippen LogP contribution in [0.1, 0.15) is 48.8 Å². The summed E-state index contributed by atoms with van der Waals surface area (Å²) in [6.45, 7) is 3.69. The second kappa shape index (κ2) is 8.69. The van der Waals surface area contributed by atoms with E-state index in [1.165, 1.54) is 6.42 Å². The summed E-state index contributed by atoms with van der Waals surface area (Å²) < 4.78 is 1.82. The topological polar surface area (TPSA) is 67.2 Å². The first kappa shape index (κ1) is 20.1. The van der Waals surface area contributed by atoms with Crippen LogP contribution in [-0.4, -0.2) is 29.1 Å². The average Bonchev–Trinajstić information content (AvgIpc) is 2.74. The lowest BCUT2D eigenvalue weighted by Gasteiger charge is -2.18. The molecular formula is C24H28N4O2. The lowest BCUT2D eigenvalue weighted by molar-refractivity contribution is 0.102. The number of hydrogen-bond donors (Lipinski definition) is 1. The van der Waals surface area contributed by atoms with Gasteiger partial charge in [0, 0.05) is 43.5 Å². The van der Waals surface area contributed by atoms with Gasteiger partial charge < -0.3 is 10.2 Å². The Morgan fingerprint density at radius 3 is 2.80 bits per heavy atom. The highest BCUT2D eigenvalue weighted by Gasteiger charge is 2.15. The molecule has 2 heterocycles. The predicted octanol–water partition coefficient (Wildman–Crippen LogP) is 4.22. The van der Waals surface area contributed by atoms with E-state index in [4.69, 9.17) is 4.98 Å². The number of carbonyl (C=O) groups is 1. The van der Waals surface area contributed by atoms with E-state index in [1.54, 1.807) is 18.2 Å². The number of benzene rings is 2. The highest BCUT2D eigenvalue weighted by Crippen LogP contribution is 2.20. The van der Waals surface area contributed by atoms with Gasteiger partial charge in [-0.15, -0.1) is 0 Å². The van der Waals surface area contributed by atoms with Gasteiger partial charge in [-0.3, -0.25) is 14.2 Å². The van der Waals surface area contributed by atoms with Gasteiger partial charge in [-0.1, -0.05) is 18.9 Å². The molecule has 0 aliphatic carbocycles. The van der Waals surface area contributed by atoms with Gasteiger partial charge >= 0.3 is 0 Å². The van der Waals surface area contributed by atoms with Crippen LogP contribution >= 0.6 is 0 Å². The van der Waals surface area contributed by atoms with Crippen LogP contribution in [-0.2, 0) is 13.0 Å². The molecule has 1 aromatic heterocycles. The summed E-state index contributed by atoms with van der Waals surface area (Å²) in [6.07, 6.45) is 5.17. The number of aromatic nitrogens is 2. The molecule has 0 bridgehead atoms. The van der Waals surface area contributed by atoms with Gasteiger partial charge in [0.25, 0.3) is 11.5 Å². The molecule has 1 aliphatic rings. The number of rotatable bonds is 4. The fourth-order valence-corrected chi connectivity index (χ4v) is 3.94. The van der Waals surface area contributed by atoms with Crippen molar-refractivity contribution in [1.82, 2.24) is 9.55 Å². The van der Waals surface area contributed by atoms with E-state index in [2.05, 4.69) is 17.1 Å². The summed E-state index contributed by atoms with van der Waals surface area (Å²) in [5.74, 6) is 0.627. The normalized spacial score (nSPS) is 13.9. The van der Waals surface area contributed by atoms with Crippen molar-refractivity contribution in [1.29, 1.82) is 0 Å². The van der Waals surface area contributed by atoms with Crippen LogP contribution in [0.15, 0.2) is 47.3 Å². The van der Waals surface area contributed by atoms with Gasteiger partial charge in [0.15, 0.2) is 0 Å². The molecule has 1 amide bonds. The van der Waals surface area contributed by atoms with Gasteiger partial charge in [-0.05, 0) is 56.2 Å². The van der Waals surface area contributed by atoms with E-state index in [0.29, 0.717) is 16.5 Å². The van der Waals surface area contributed by atoms with Crippen molar-refractivity contribution < 1.29 is 4.79 Å². The van der Waals surface area contributed by atoms with E-state index in [0.717, 1.165) is 56.0 Å². The number of hydrogen-bond acceptors (Lipinski definition) is 4. The first-order valence-electron chi connectivity index (χ1n) is 10.7. The van der Waals surface area contributed by atoms with Crippen LogP contribution in [0.5, 0.6) is 0 Å². The SMILES string of the molecule is CCN(C)c1cccc(NC(=O)c2ccc3c(=O)n4c(nc3c2)CCCCCC4)c1. The van der Waals surface area contributed by atoms with E-state index in [1.807, 2.05) is 35.9 Å². The van der Waals surface area contributed by atoms with E-state index >= 15 is 0 Å². The molecule has 6 nitrogen and oxygen atoms in total. The van der Waals surface area contributed by atoms with Crippen molar-refractivity contribution >= 4 is 28.2 Å². The second-order valence-corrected chi connectivity index (χ2v) is 7.90. The first-order valence-corrected chi connectivity index (χ1v) is 10.7. The van der Waals surface area contributed by atoms with Crippen LogP contribution in [0.25, 0.3) is 10.9 Å². The van der Waals surface area contributed by atoms with E-state index < -0.39 is 0 Å². The zero-order valence-corrected chi connectivity index (χ0v) is 17.6. The number of amides is 1. The number of nitrogens with one attached hydrogen (secondary N) is 1. The number of anilines is 2. The van der Waals surface area contributed by atoms with E-state index in [9.17, 15) is 9.59 Å². The Hall–Kier alpha value is -3.15. The largest absolute Gasteiger partial charge is 0.375 e. The average molecular weight is 405 g/mol. The number of fused-ring (bicyclic) bond motifs is 2. The van der Waals surface area contributed by atoms with Crippen LogP contribution in [0.2, 0.25) is 0 Å². The Labute approximate surface area is 176 Å². The maximum Gasteiger partial charge on any atom is 0.261 e. The lowest BCUT2D eigenvalue weighted by Crippen LogP contribution is -2.26. The molecule has 2 aromatic carbocycles. The predicted molar refractivity (Wildman–Crippen MR) is 122 cm³/mol. The minimum atomic E-state index is -0.207. The standard InChI is InChI=1S/C24H28N4O2/c1-3-27(2)19-10-8-9-18(16-19)25-23(29)17-12-13-20-21(15-17)26-22-11-6-4-5-7-14-28(22)24(20)30/h8-10,12-13,15-16H,3-7,11,14H2,1-2H3,(H,25,29). The molecule has 0 spiro atoms. The molecule has 6 heteroatoms. The molecule has 0 atom stereocenters. The van der Waals surface area contributed by atoms with Crippen molar-refractivity contribution in [3.63, 3.8) is 0 Å². The van der Waals surface area contributed by atoms with Crippen molar-refractivity contribution in [2.24, 2.45) is 0 Å². The fourth-order valence-electron chi connectivity index (χ4n) is 3.94. The highest BCUT2D eigenvalue weighted by atomic mass is 16.1. The first-order chi connectivity index (χ1) is 14.6. The summed E-state index contributed by atoms with van der Waals surface area (Å²) in [7, 11) is 2.01. The zero-order chi connectivity index (χ0) is 21.1. The van der Waals surface area contributed by atoms with Gasteiger partial charge in [0.05, 0.1) is 10.9 Å². The van der Waals surface area contributed by atoms with Crippen molar-refractivity contribution in [2.45, 2.75) is 45.6 Å². The zero-order valence-electron chi connectivity index (χ0n) is 17.6. The molecule has 30 heavy (non-hydrogen) atoms. The molecule has 0 saturated carbocycles. The van der Waals surface area contributed by atoms with Crippen LogP contribution in [0.4, 0.5) is 11.4 Å². The second-order valence-electron chi connectivity index (χ2n) is 7.90. The van der Waals surface area contributed by atoms with E-state index in [-0.39, 0.29) is 11.5 Å². The molecule has 0 saturated heterocycles. The molecule has 3 aromatic rings. The third-order valence-electron chi connectivity index (χ3n) is 5.85. The number of aryl methyl sites for hydroxylation is 1. The lowest BCUT2D eigenvalue weighted by atomic mass is 10.1. The molecule has 0 unspecified atom stereocenters. The third kappa shape index (κ3) is 4.08. The quantitative estimate of drug-likeness (QED) is 0.707. The van der Waals surface area contributed by atoms with Crippen molar-refractivity contribution in [3.05, 3.63) is 64.2 Å². The van der Waals surface area contributed by atoms with Crippen LogP contribution < -0.4 is 15.8 Å². The minimum Gasteiger partial charge on any atom is -0.375 e. The summed E-state index contributed by atoms with van der Waals surface area (Å²) in [6, 6.07) is 12.9. The van der Waals surface area contributed by atoms with Gasteiger partial charge in [-0.25, -0.2) is 4.98 Å². The molecule has 4 rings (SSSR count). The molecule has 1 aliphatic heterocycles. The monoisotopic (exact) mass is 404 g/mol. The van der Waals surface area contributed by atoms with Crippen molar-refractivity contribution in [2.75, 3.05) is 23.8 Å². The summed E-state index contributed by atoms with van der Waals surface area (Å²) in [5.41, 5.74) is 2.88. The molecular weight excluding hydrogens is 376 g/mol. The van der Waals surface area contributed by atoms with Gasteiger partial charge in [0.2, 0.25) is 0 Å². The summed E-state index contributed by atoms with van der Waals surface area (Å²) in [5, 5.41) is 3.53. The maximum atomic E-state index is 13.0. The Bertz CT molecular complexity index is 1140. The number of carbonyl (C=O) groups excluding carboxylic acids is 1. The minimum absolute atomic E-state index is 0.000776. The van der Waals surface area contributed by atoms with Gasteiger partial charge in [-0.2, -0.15) is 0 Å². The smallest absolute Gasteiger partial charge is 0.261 e. The summed E-state index contributed by atoms with van der Waals surface area (Å²) >= 11 is 0. The maximum absolute atomic E-state index is 13.0. The highest BCUT2D eigenvalue weighted by molar-refractivity contribution is 6.06. The Kier molecular flexibility index (Phi) is 5.84. The Morgan fingerprint density at radius 1 is 1.13 bits per heavy atom. The molecule has 0 radical (unpaired) electrons. The molecule has 156 valence electrons. The third-order valence-corrected chi connectivity index (χ3v) is 5.85. The molecule has 1 N–H and O–H groups in total. The fraction of sp³-hybridized carbons (Fsp3) is 0.375. The summed E-state index contributed by atoms with van der Waals surface area (Å²) in [4.78, 5) is 32.7. The van der Waals surface area contributed by atoms with Crippen LogP contribution in [0.3, 0.4) is 0 Å². The van der Waals surface area contributed by atoms with Gasteiger partial charge in [0.1, 0.15) is 5.82 Å². The Balaban J connectivity index is 1.64. The van der Waals surface area contributed by atoms with Crippen LogP contribution in [0, 0.1) is 0 Å². The molecule has 0 fully saturated rings. The Morgan fingerprint density at radius 2 is 1.97 bits per heavy atom. The number of nitrogens with zero attached hydrogens (tertiary/aromatic N) is 3.